The van der Waals surface area contributed by atoms with Gasteiger partial charge >= 0.3 is 11.9 Å². The predicted octanol–water partition coefficient (Wildman–Crippen LogP) is -1.42. The first-order valence-electron chi connectivity index (χ1n) is 5.71. The number of ether oxygens (including phenoxy) is 1. The Kier molecular flexibility index (Phi) is 6.94. The molecule has 0 aromatic carbocycles. The van der Waals surface area contributed by atoms with Crippen LogP contribution in [0.5, 0.6) is 0 Å². The smallest absolute Gasteiger partial charge is 0.336 e. The van der Waals surface area contributed by atoms with Gasteiger partial charge in [-0.1, -0.05) is 6.92 Å². The molecule has 8 N–H and O–H groups in total. The molecule has 0 saturated carbocycles. The molecule has 9 nitrogen and oxygen atoms in total. The molecule has 2 unspecified atom stereocenters. The molecule has 0 radical (unpaired) electrons. The van der Waals surface area contributed by atoms with Crippen LogP contribution in [-0.2, 0) is 14.3 Å². The monoisotopic (exact) mass is 272 g/mol. The molecular weight excluding hydrogens is 252 g/mol. The van der Waals surface area contributed by atoms with E-state index in [1.165, 1.54) is 0 Å². The highest BCUT2D eigenvalue weighted by atomic mass is 16.6. The molecule has 108 valence electrons. The van der Waals surface area contributed by atoms with Gasteiger partial charge in [0, 0.05) is 6.04 Å². The van der Waals surface area contributed by atoms with E-state index < -0.39 is 24.0 Å². The molecule has 9 heteroatoms. The van der Waals surface area contributed by atoms with Crippen LogP contribution >= 0.6 is 0 Å². The second kappa shape index (κ2) is 7.90. The zero-order valence-corrected chi connectivity index (χ0v) is 10.9. The van der Waals surface area contributed by atoms with Crippen molar-refractivity contribution < 1.29 is 14.3 Å². The Morgan fingerprint density at radius 1 is 1.21 bits per heavy atom. The highest BCUT2D eigenvalue weighted by Gasteiger charge is 2.22. The Morgan fingerprint density at radius 2 is 1.74 bits per heavy atom. The molecule has 0 bridgehead atoms. The highest BCUT2D eigenvalue weighted by Crippen LogP contribution is 1.99. The van der Waals surface area contributed by atoms with E-state index in [2.05, 4.69) is 15.4 Å². The van der Waals surface area contributed by atoms with Crippen LogP contribution in [0.2, 0.25) is 0 Å². The van der Waals surface area contributed by atoms with Crippen LogP contribution in [0.15, 0.2) is 0 Å². The highest BCUT2D eigenvalue weighted by molar-refractivity contribution is 5.91. The number of rotatable bonds is 6. The fraction of sp³-hybridized carbons (Fsp3) is 0.600. The molecule has 2 atom stereocenters. The molecule has 0 heterocycles. The summed E-state index contributed by atoms with van der Waals surface area (Å²) in [5.41, 5.74) is 10.2. The maximum absolute atomic E-state index is 11.6. The van der Waals surface area contributed by atoms with Crippen molar-refractivity contribution in [3.05, 3.63) is 0 Å². The molecule has 0 saturated heterocycles. The lowest BCUT2D eigenvalue weighted by Crippen LogP contribution is -2.45. The Morgan fingerprint density at radius 3 is 2.16 bits per heavy atom. The van der Waals surface area contributed by atoms with Crippen molar-refractivity contribution in [3.8, 4) is 0 Å². The molecule has 0 spiro atoms. The van der Waals surface area contributed by atoms with Crippen molar-refractivity contribution in [2.75, 3.05) is 0 Å². The average Bonchev–Trinajstić information content (AvgIpc) is 2.23. The molecule has 0 aromatic rings. The number of nitrogens with one attached hydrogen (secondary N) is 4. The molecular formula is C10H20N6O3. The van der Waals surface area contributed by atoms with E-state index in [4.69, 9.17) is 22.3 Å². The van der Waals surface area contributed by atoms with Crippen LogP contribution in [0, 0.1) is 10.8 Å². The van der Waals surface area contributed by atoms with Crippen molar-refractivity contribution in [1.82, 2.24) is 10.6 Å². The third-order valence-electron chi connectivity index (χ3n) is 2.11. The second-order valence-electron chi connectivity index (χ2n) is 3.98. The maximum Gasteiger partial charge on any atom is 0.336 e. The van der Waals surface area contributed by atoms with Gasteiger partial charge in [0.15, 0.2) is 11.9 Å². The van der Waals surface area contributed by atoms with E-state index in [-0.39, 0.29) is 18.3 Å². The summed E-state index contributed by atoms with van der Waals surface area (Å²) in [6, 6.07) is -1.25. The van der Waals surface area contributed by atoms with Gasteiger partial charge in [-0.05, 0) is 13.3 Å². The fourth-order valence-corrected chi connectivity index (χ4v) is 1.31. The first-order valence-corrected chi connectivity index (χ1v) is 5.71. The fourth-order valence-electron chi connectivity index (χ4n) is 1.31. The molecule has 0 aromatic heterocycles. The normalized spacial score (nSPS) is 12.9. The van der Waals surface area contributed by atoms with Crippen molar-refractivity contribution in [3.63, 3.8) is 0 Å². The first kappa shape index (κ1) is 16.7. The van der Waals surface area contributed by atoms with E-state index in [0.29, 0.717) is 6.42 Å². The lowest BCUT2D eigenvalue weighted by atomic mass is 10.2. The molecule has 0 amide bonds. The van der Waals surface area contributed by atoms with Crippen LogP contribution in [0.4, 0.5) is 0 Å². The Labute approximate surface area is 111 Å². The maximum atomic E-state index is 11.6. The van der Waals surface area contributed by atoms with Crippen molar-refractivity contribution in [2.24, 2.45) is 11.5 Å². The molecule has 0 aliphatic carbocycles. The summed E-state index contributed by atoms with van der Waals surface area (Å²) in [6.45, 7) is 3.31. The standard InChI is InChI=1S/C10H20N6O3/c1-3-6(16-10(13)14)8(18)19-7(17)4-5(2)15-9(11)12/h5-6H,3-4H2,1-2H3,(H4,11,12,15)(H4,13,14,16). The van der Waals surface area contributed by atoms with Gasteiger partial charge in [-0.3, -0.25) is 15.6 Å². The van der Waals surface area contributed by atoms with Crippen molar-refractivity contribution >= 4 is 23.9 Å². The third-order valence-corrected chi connectivity index (χ3v) is 2.11. The average molecular weight is 272 g/mol. The lowest BCUT2D eigenvalue weighted by Gasteiger charge is -2.16. The summed E-state index contributed by atoms with van der Waals surface area (Å²) in [7, 11) is 0. The van der Waals surface area contributed by atoms with E-state index in [9.17, 15) is 9.59 Å². The molecule has 0 fully saturated rings. The number of hydrogen-bond donors (Lipinski definition) is 6. The zero-order valence-electron chi connectivity index (χ0n) is 10.9. The SMILES string of the molecule is CCC(NC(=N)N)C(=O)OC(=O)CC(C)NC(=N)N. The predicted molar refractivity (Wildman–Crippen MR) is 69.4 cm³/mol. The summed E-state index contributed by atoms with van der Waals surface area (Å²) in [6.07, 6.45) is 0.217. The van der Waals surface area contributed by atoms with Gasteiger partial charge < -0.3 is 26.8 Å². The summed E-state index contributed by atoms with van der Waals surface area (Å²) in [5.74, 6) is -2.17. The number of hydrogen-bond acceptors (Lipinski definition) is 5. The number of esters is 2. The minimum Gasteiger partial charge on any atom is -0.392 e. The Hall–Kier alpha value is -2.32. The number of carbonyl (C=O) groups is 2. The van der Waals surface area contributed by atoms with Crippen LogP contribution in [0.3, 0.4) is 0 Å². The second-order valence-corrected chi connectivity index (χ2v) is 3.98. The molecule has 19 heavy (non-hydrogen) atoms. The van der Waals surface area contributed by atoms with Crippen molar-refractivity contribution in [1.29, 1.82) is 10.8 Å². The number of carbonyl (C=O) groups excluding carboxylic acids is 2. The van der Waals surface area contributed by atoms with Gasteiger partial charge in [-0.25, -0.2) is 4.79 Å². The molecule has 0 aliphatic rings. The minimum atomic E-state index is -0.836. The van der Waals surface area contributed by atoms with Gasteiger partial charge in [-0.15, -0.1) is 0 Å². The van der Waals surface area contributed by atoms with Crippen LogP contribution in [0.1, 0.15) is 26.7 Å². The largest absolute Gasteiger partial charge is 0.392 e. The van der Waals surface area contributed by atoms with Gasteiger partial charge in [0.2, 0.25) is 0 Å². The van der Waals surface area contributed by atoms with Gasteiger partial charge in [0.1, 0.15) is 6.04 Å². The lowest BCUT2D eigenvalue weighted by molar-refractivity contribution is -0.161. The summed E-state index contributed by atoms with van der Waals surface area (Å²) in [4.78, 5) is 23.0. The van der Waals surface area contributed by atoms with E-state index >= 15 is 0 Å². The van der Waals surface area contributed by atoms with E-state index in [0.717, 1.165) is 0 Å². The molecule has 0 rings (SSSR count). The number of guanidine groups is 2. The van der Waals surface area contributed by atoms with Gasteiger partial charge in [0.25, 0.3) is 0 Å². The van der Waals surface area contributed by atoms with E-state index in [1.807, 2.05) is 0 Å². The van der Waals surface area contributed by atoms with Gasteiger partial charge in [0.05, 0.1) is 6.42 Å². The van der Waals surface area contributed by atoms with Crippen LogP contribution in [0.25, 0.3) is 0 Å². The zero-order chi connectivity index (χ0) is 15.0. The van der Waals surface area contributed by atoms with Gasteiger partial charge in [-0.2, -0.15) is 0 Å². The summed E-state index contributed by atoms with van der Waals surface area (Å²) < 4.78 is 4.61. The third kappa shape index (κ3) is 7.58. The Bertz CT molecular complexity index is 370. The van der Waals surface area contributed by atoms with Crippen LogP contribution in [-0.4, -0.2) is 35.9 Å². The number of nitrogens with two attached hydrogens (primary N) is 2. The summed E-state index contributed by atoms with van der Waals surface area (Å²) >= 11 is 0. The molecule has 0 aliphatic heterocycles. The first-order chi connectivity index (χ1) is 8.76. The topological polar surface area (TPSA) is 167 Å². The van der Waals surface area contributed by atoms with Crippen molar-refractivity contribution in [2.45, 2.75) is 38.8 Å². The van der Waals surface area contributed by atoms with E-state index in [1.54, 1.807) is 13.8 Å². The quantitative estimate of drug-likeness (QED) is 0.149. The Balaban J connectivity index is 4.27. The minimum absolute atomic E-state index is 0.109. The van der Waals surface area contributed by atoms with Crippen LogP contribution < -0.4 is 22.1 Å². The summed E-state index contributed by atoms with van der Waals surface area (Å²) in [5, 5.41) is 18.9.